The van der Waals surface area contributed by atoms with Crippen molar-refractivity contribution < 1.29 is 18.3 Å². The molecular formula is C25H22F2N6O2. The number of amides is 1. The van der Waals surface area contributed by atoms with Gasteiger partial charge in [-0.2, -0.15) is 5.10 Å². The van der Waals surface area contributed by atoms with E-state index in [0.29, 0.717) is 23.1 Å². The van der Waals surface area contributed by atoms with E-state index in [1.54, 1.807) is 16.8 Å². The quantitative estimate of drug-likeness (QED) is 0.396. The Labute approximate surface area is 199 Å². The summed E-state index contributed by atoms with van der Waals surface area (Å²) in [7, 11) is 0. The monoisotopic (exact) mass is 476 g/mol. The first-order valence-corrected chi connectivity index (χ1v) is 11.1. The molecule has 0 radical (unpaired) electrons. The molecule has 1 aliphatic rings. The highest BCUT2D eigenvalue weighted by atomic mass is 19.1. The van der Waals surface area contributed by atoms with Gasteiger partial charge in [0.2, 0.25) is 5.91 Å². The van der Waals surface area contributed by atoms with Gasteiger partial charge in [-0.05, 0) is 49.6 Å². The van der Waals surface area contributed by atoms with Crippen LogP contribution < -0.4 is 15.8 Å². The SMILES string of the molecule is C=CC(=O)N[C@H]1CC[C@H](n2nc(-c3ccc(Oc4cccc(F)c4)cc3F)c3c(N)ncnc32)C1. The van der Waals surface area contributed by atoms with Crippen LogP contribution in [0.4, 0.5) is 14.6 Å². The third-order valence-electron chi connectivity index (χ3n) is 6.03. The number of hydrogen-bond donors (Lipinski definition) is 2. The van der Waals surface area contributed by atoms with Crippen LogP contribution >= 0.6 is 0 Å². The number of halogens is 2. The lowest BCUT2D eigenvalue weighted by atomic mass is 10.1. The molecule has 1 fully saturated rings. The highest BCUT2D eigenvalue weighted by molar-refractivity contribution is 5.98. The summed E-state index contributed by atoms with van der Waals surface area (Å²) in [4.78, 5) is 20.1. The van der Waals surface area contributed by atoms with Crippen LogP contribution in [-0.2, 0) is 4.79 Å². The third-order valence-corrected chi connectivity index (χ3v) is 6.03. The van der Waals surface area contributed by atoms with E-state index in [4.69, 9.17) is 15.6 Å². The van der Waals surface area contributed by atoms with Crippen molar-refractivity contribution in [3.05, 3.63) is 73.1 Å². The number of benzene rings is 2. The number of hydrogen-bond acceptors (Lipinski definition) is 6. The predicted octanol–water partition coefficient (Wildman–Crippen LogP) is 4.54. The number of nitrogens with one attached hydrogen (secondary N) is 1. The van der Waals surface area contributed by atoms with Gasteiger partial charge < -0.3 is 15.8 Å². The summed E-state index contributed by atoms with van der Waals surface area (Å²) in [5.41, 5.74) is 7.17. The number of carbonyl (C=O) groups is 1. The molecule has 178 valence electrons. The maximum Gasteiger partial charge on any atom is 0.243 e. The number of fused-ring (bicyclic) bond motifs is 1. The van der Waals surface area contributed by atoms with Gasteiger partial charge in [0.25, 0.3) is 0 Å². The van der Waals surface area contributed by atoms with Crippen molar-refractivity contribution >= 4 is 22.8 Å². The van der Waals surface area contributed by atoms with Gasteiger partial charge in [0, 0.05) is 23.7 Å². The molecule has 8 nitrogen and oxygen atoms in total. The average Bonchev–Trinajstić information content (AvgIpc) is 3.44. The Morgan fingerprint density at radius 2 is 2.00 bits per heavy atom. The summed E-state index contributed by atoms with van der Waals surface area (Å²) >= 11 is 0. The second-order valence-electron chi connectivity index (χ2n) is 8.33. The number of aromatic nitrogens is 4. The van der Waals surface area contributed by atoms with E-state index in [2.05, 4.69) is 21.9 Å². The lowest BCUT2D eigenvalue weighted by Crippen LogP contribution is -2.31. The third kappa shape index (κ3) is 4.42. The highest BCUT2D eigenvalue weighted by Gasteiger charge is 2.30. The number of carbonyl (C=O) groups excluding carboxylic acids is 1. The second kappa shape index (κ2) is 9.13. The van der Waals surface area contributed by atoms with E-state index < -0.39 is 11.6 Å². The van der Waals surface area contributed by atoms with Gasteiger partial charge in [0.05, 0.1) is 11.4 Å². The molecule has 1 saturated carbocycles. The summed E-state index contributed by atoms with van der Waals surface area (Å²) < 4.78 is 36.0. The number of anilines is 1. The zero-order valence-corrected chi connectivity index (χ0v) is 18.6. The minimum absolute atomic E-state index is 0.0247. The summed E-state index contributed by atoms with van der Waals surface area (Å²) in [5.74, 6) is -0.618. The van der Waals surface area contributed by atoms with Gasteiger partial charge in [-0.1, -0.05) is 12.6 Å². The van der Waals surface area contributed by atoms with Crippen LogP contribution in [0.25, 0.3) is 22.3 Å². The number of nitrogens with zero attached hydrogens (tertiary/aromatic N) is 4. The van der Waals surface area contributed by atoms with Crippen LogP contribution in [-0.4, -0.2) is 31.7 Å². The maximum atomic E-state index is 15.3. The number of rotatable bonds is 6. The van der Waals surface area contributed by atoms with Crippen LogP contribution in [0.3, 0.4) is 0 Å². The number of nitrogen functional groups attached to an aromatic ring is 1. The van der Waals surface area contributed by atoms with Crippen LogP contribution in [0.2, 0.25) is 0 Å². The van der Waals surface area contributed by atoms with Crippen LogP contribution in [0.5, 0.6) is 11.5 Å². The van der Waals surface area contributed by atoms with Crippen molar-refractivity contribution in [2.75, 3.05) is 5.73 Å². The molecule has 2 aromatic heterocycles. The molecule has 0 unspecified atom stereocenters. The minimum atomic E-state index is -0.587. The van der Waals surface area contributed by atoms with Gasteiger partial charge in [0.1, 0.15) is 41.0 Å². The topological polar surface area (TPSA) is 108 Å². The van der Waals surface area contributed by atoms with Crippen molar-refractivity contribution in [3.8, 4) is 22.8 Å². The van der Waals surface area contributed by atoms with E-state index in [1.165, 1.54) is 42.7 Å². The Morgan fingerprint density at radius 1 is 1.17 bits per heavy atom. The first kappa shape index (κ1) is 22.5. The average molecular weight is 476 g/mol. The summed E-state index contributed by atoms with van der Waals surface area (Å²) in [6.07, 6.45) is 4.75. The summed E-state index contributed by atoms with van der Waals surface area (Å²) in [5, 5.41) is 8.05. The molecule has 35 heavy (non-hydrogen) atoms. The largest absolute Gasteiger partial charge is 0.457 e. The molecular weight excluding hydrogens is 454 g/mol. The van der Waals surface area contributed by atoms with Crippen molar-refractivity contribution in [2.45, 2.75) is 31.3 Å². The van der Waals surface area contributed by atoms with Crippen molar-refractivity contribution in [3.63, 3.8) is 0 Å². The van der Waals surface area contributed by atoms with Gasteiger partial charge in [-0.25, -0.2) is 23.4 Å². The van der Waals surface area contributed by atoms with Crippen LogP contribution in [0.15, 0.2) is 61.4 Å². The van der Waals surface area contributed by atoms with Crippen molar-refractivity contribution in [1.29, 1.82) is 0 Å². The van der Waals surface area contributed by atoms with E-state index >= 15 is 4.39 Å². The molecule has 1 amide bonds. The summed E-state index contributed by atoms with van der Waals surface area (Å²) in [6.45, 7) is 3.49. The molecule has 3 N–H and O–H groups in total. The van der Waals surface area contributed by atoms with Gasteiger partial charge in [-0.15, -0.1) is 0 Å². The number of nitrogens with two attached hydrogens (primary N) is 1. The molecule has 5 rings (SSSR count). The zero-order valence-electron chi connectivity index (χ0n) is 18.6. The van der Waals surface area contributed by atoms with E-state index in [-0.39, 0.29) is 40.9 Å². The first-order chi connectivity index (χ1) is 16.9. The maximum absolute atomic E-state index is 15.3. The molecule has 0 saturated heterocycles. The van der Waals surface area contributed by atoms with E-state index in [0.717, 1.165) is 12.8 Å². The molecule has 0 bridgehead atoms. The summed E-state index contributed by atoms with van der Waals surface area (Å²) in [6, 6.07) is 9.83. The van der Waals surface area contributed by atoms with Gasteiger partial charge in [-0.3, -0.25) is 4.79 Å². The van der Waals surface area contributed by atoms with E-state index in [1.807, 2.05) is 0 Å². The lowest BCUT2D eigenvalue weighted by Gasteiger charge is -2.13. The Hall–Kier alpha value is -4.34. The molecule has 0 aliphatic heterocycles. The van der Waals surface area contributed by atoms with Gasteiger partial charge >= 0.3 is 0 Å². The number of ether oxygens (including phenoxy) is 1. The molecule has 2 aromatic carbocycles. The molecule has 2 heterocycles. The minimum Gasteiger partial charge on any atom is -0.457 e. The van der Waals surface area contributed by atoms with E-state index in [9.17, 15) is 9.18 Å². The Morgan fingerprint density at radius 3 is 2.77 bits per heavy atom. The fourth-order valence-corrected chi connectivity index (χ4v) is 4.43. The second-order valence-corrected chi connectivity index (χ2v) is 8.33. The molecule has 10 heteroatoms. The Balaban J connectivity index is 1.49. The molecule has 2 atom stereocenters. The van der Waals surface area contributed by atoms with Crippen molar-refractivity contribution in [2.24, 2.45) is 0 Å². The smallest absolute Gasteiger partial charge is 0.243 e. The predicted molar refractivity (Wildman–Crippen MR) is 127 cm³/mol. The Kier molecular flexibility index (Phi) is 5.86. The fourth-order valence-electron chi connectivity index (χ4n) is 4.43. The zero-order chi connectivity index (χ0) is 24.5. The van der Waals surface area contributed by atoms with Crippen molar-refractivity contribution in [1.82, 2.24) is 25.1 Å². The highest BCUT2D eigenvalue weighted by Crippen LogP contribution is 2.38. The molecule has 1 aliphatic carbocycles. The van der Waals surface area contributed by atoms with Gasteiger partial charge in [0.15, 0.2) is 5.65 Å². The standard InChI is InChI=1S/C25H22F2N6O2/c1-2-21(34)31-15-6-7-16(11-15)33-25-22(24(28)29-13-30-25)23(32-33)19-9-8-18(12-20(19)27)35-17-5-3-4-14(26)10-17/h2-5,8-10,12-13,15-16H,1,6-7,11H2,(H,31,34)(H2,28,29,30)/t15-,16-/m0/s1. The first-order valence-electron chi connectivity index (χ1n) is 11.1. The van der Waals surface area contributed by atoms with Crippen LogP contribution in [0, 0.1) is 11.6 Å². The molecule has 0 spiro atoms. The van der Waals surface area contributed by atoms with Crippen LogP contribution in [0.1, 0.15) is 25.3 Å². The molecule has 4 aromatic rings. The Bertz CT molecular complexity index is 1440. The fraction of sp³-hybridized carbons (Fsp3) is 0.200. The normalized spacial score (nSPS) is 17.4. The lowest BCUT2D eigenvalue weighted by molar-refractivity contribution is -0.117.